The van der Waals surface area contributed by atoms with Crippen LogP contribution in [0.25, 0.3) is 0 Å². The second-order valence-corrected chi connectivity index (χ2v) is 6.66. The van der Waals surface area contributed by atoms with Gasteiger partial charge in [-0.1, -0.05) is 30.3 Å². The van der Waals surface area contributed by atoms with Crippen LogP contribution in [0.1, 0.15) is 19.3 Å². The number of carbonyl (C=O) groups is 2. The number of likely N-dealkylation sites (tertiary alicyclic amines) is 1. The van der Waals surface area contributed by atoms with Gasteiger partial charge in [-0.15, -0.1) is 0 Å². The van der Waals surface area contributed by atoms with E-state index in [-0.39, 0.29) is 11.8 Å². The van der Waals surface area contributed by atoms with Crippen LogP contribution in [0, 0.1) is 5.92 Å². The zero-order valence-electron chi connectivity index (χ0n) is 15.1. The van der Waals surface area contributed by atoms with Crippen LogP contribution in [0.3, 0.4) is 0 Å². The Balaban J connectivity index is 1.50. The van der Waals surface area contributed by atoms with E-state index in [4.69, 9.17) is 9.84 Å². The highest BCUT2D eigenvalue weighted by Gasteiger charge is 2.24. The van der Waals surface area contributed by atoms with Crippen LogP contribution in [0.5, 0.6) is 11.5 Å². The predicted octanol–water partition coefficient (Wildman–Crippen LogP) is 3.60. The van der Waals surface area contributed by atoms with Gasteiger partial charge in [-0.25, -0.2) is 0 Å². The molecular formula is C21H24N2O4. The molecule has 2 N–H and O–H groups in total. The van der Waals surface area contributed by atoms with Crippen LogP contribution in [-0.2, 0) is 9.59 Å². The zero-order chi connectivity index (χ0) is 19.1. The van der Waals surface area contributed by atoms with Gasteiger partial charge in [-0.2, -0.15) is 0 Å². The SMILES string of the molecule is O=C(CCN1CCC(C(=O)O)CC1)Nc1ccccc1Oc1ccccc1. The van der Waals surface area contributed by atoms with Crippen LogP contribution in [0.4, 0.5) is 5.69 Å². The number of amides is 1. The quantitative estimate of drug-likeness (QED) is 0.781. The number of anilines is 1. The fraction of sp³-hybridized carbons (Fsp3) is 0.333. The van der Waals surface area contributed by atoms with Crippen molar-refractivity contribution < 1.29 is 19.4 Å². The first-order valence-corrected chi connectivity index (χ1v) is 9.19. The minimum atomic E-state index is -0.720. The molecule has 3 rings (SSSR count). The normalized spacial score (nSPS) is 15.3. The van der Waals surface area contributed by atoms with Crippen LogP contribution in [0.15, 0.2) is 54.6 Å². The number of hydrogen-bond acceptors (Lipinski definition) is 4. The summed E-state index contributed by atoms with van der Waals surface area (Å²) in [6.07, 6.45) is 1.65. The number of nitrogens with zero attached hydrogens (tertiary/aromatic N) is 1. The third kappa shape index (κ3) is 5.56. The summed E-state index contributed by atoms with van der Waals surface area (Å²) < 4.78 is 5.86. The Hall–Kier alpha value is -2.86. The van der Waals surface area contributed by atoms with E-state index in [1.165, 1.54) is 0 Å². The average molecular weight is 368 g/mol. The largest absolute Gasteiger partial charge is 0.481 e. The lowest BCUT2D eigenvalue weighted by Gasteiger charge is -2.29. The average Bonchev–Trinajstić information content (AvgIpc) is 2.69. The van der Waals surface area contributed by atoms with Crippen molar-refractivity contribution in [1.29, 1.82) is 0 Å². The van der Waals surface area contributed by atoms with E-state index < -0.39 is 5.97 Å². The Morgan fingerprint density at radius 2 is 1.70 bits per heavy atom. The highest BCUT2D eigenvalue weighted by molar-refractivity contribution is 5.92. The molecule has 142 valence electrons. The molecule has 0 aliphatic carbocycles. The molecule has 1 aliphatic heterocycles. The number of aliphatic carboxylic acids is 1. The topological polar surface area (TPSA) is 78.9 Å². The Morgan fingerprint density at radius 3 is 2.41 bits per heavy atom. The van der Waals surface area contributed by atoms with Crippen molar-refractivity contribution in [2.45, 2.75) is 19.3 Å². The Morgan fingerprint density at radius 1 is 1.04 bits per heavy atom. The fourth-order valence-corrected chi connectivity index (χ4v) is 3.15. The zero-order valence-corrected chi connectivity index (χ0v) is 15.1. The maximum atomic E-state index is 12.3. The lowest BCUT2D eigenvalue weighted by Crippen LogP contribution is -2.37. The van der Waals surface area contributed by atoms with E-state index in [0.717, 1.165) is 13.1 Å². The molecule has 0 spiro atoms. The molecule has 27 heavy (non-hydrogen) atoms. The second kappa shape index (κ2) is 9.19. The summed E-state index contributed by atoms with van der Waals surface area (Å²) in [7, 11) is 0. The van der Waals surface area contributed by atoms with Crippen LogP contribution >= 0.6 is 0 Å². The van der Waals surface area contributed by atoms with E-state index in [2.05, 4.69) is 10.2 Å². The van der Waals surface area contributed by atoms with E-state index in [1.807, 2.05) is 54.6 Å². The van der Waals surface area contributed by atoms with Gasteiger partial charge in [0.05, 0.1) is 11.6 Å². The highest BCUT2D eigenvalue weighted by atomic mass is 16.5. The maximum absolute atomic E-state index is 12.3. The van der Waals surface area contributed by atoms with Gasteiger partial charge in [0.15, 0.2) is 5.75 Å². The van der Waals surface area contributed by atoms with Crippen molar-refractivity contribution >= 4 is 17.6 Å². The minimum Gasteiger partial charge on any atom is -0.481 e. The molecule has 1 heterocycles. The predicted molar refractivity (Wildman–Crippen MR) is 103 cm³/mol. The molecule has 0 bridgehead atoms. The number of carboxylic acid groups (broad SMARTS) is 1. The van der Waals surface area contributed by atoms with Crippen molar-refractivity contribution in [2.75, 3.05) is 25.0 Å². The summed E-state index contributed by atoms with van der Waals surface area (Å²) in [6.45, 7) is 2.07. The summed E-state index contributed by atoms with van der Waals surface area (Å²) in [5.74, 6) is 0.249. The number of nitrogens with one attached hydrogen (secondary N) is 1. The van der Waals surface area contributed by atoms with Gasteiger partial charge in [0.25, 0.3) is 0 Å². The summed E-state index contributed by atoms with van der Waals surface area (Å²) in [5, 5.41) is 12.0. The number of piperidine rings is 1. The molecule has 0 saturated carbocycles. The molecule has 6 nitrogen and oxygen atoms in total. The molecule has 0 unspecified atom stereocenters. The lowest BCUT2D eigenvalue weighted by molar-refractivity contribution is -0.143. The van der Waals surface area contributed by atoms with Crippen LogP contribution in [0.2, 0.25) is 0 Å². The van der Waals surface area contributed by atoms with Crippen LogP contribution in [-0.4, -0.2) is 41.5 Å². The van der Waals surface area contributed by atoms with Crippen molar-refractivity contribution in [3.05, 3.63) is 54.6 Å². The molecule has 1 aliphatic rings. The molecule has 0 aromatic heterocycles. The maximum Gasteiger partial charge on any atom is 0.306 e. The summed E-state index contributed by atoms with van der Waals surface area (Å²) >= 11 is 0. The number of hydrogen-bond donors (Lipinski definition) is 2. The molecule has 6 heteroatoms. The molecule has 0 atom stereocenters. The van der Waals surface area contributed by atoms with E-state index in [0.29, 0.717) is 43.0 Å². The number of rotatable bonds is 7. The number of ether oxygens (including phenoxy) is 1. The van der Waals surface area contributed by atoms with Gasteiger partial charge in [0, 0.05) is 13.0 Å². The van der Waals surface area contributed by atoms with Gasteiger partial charge in [0.2, 0.25) is 5.91 Å². The molecule has 1 saturated heterocycles. The first-order chi connectivity index (χ1) is 13.1. The molecule has 0 radical (unpaired) electrons. The van der Waals surface area contributed by atoms with Crippen molar-refractivity contribution in [3.8, 4) is 11.5 Å². The molecule has 1 fully saturated rings. The lowest BCUT2D eigenvalue weighted by atomic mass is 9.97. The third-order valence-corrected chi connectivity index (χ3v) is 4.72. The van der Waals surface area contributed by atoms with Crippen molar-refractivity contribution in [3.63, 3.8) is 0 Å². The molecule has 2 aromatic rings. The second-order valence-electron chi connectivity index (χ2n) is 6.66. The minimum absolute atomic E-state index is 0.0838. The van der Waals surface area contributed by atoms with E-state index in [1.54, 1.807) is 0 Å². The summed E-state index contributed by atoms with van der Waals surface area (Å²) in [6, 6.07) is 16.8. The van der Waals surface area contributed by atoms with Gasteiger partial charge in [-0.3, -0.25) is 9.59 Å². The van der Waals surface area contributed by atoms with Gasteiger partial charge < -0.3 is 20.1 Å². The summed E-state index contributed by atoms with van der Waals surface area (Å²) in [5.41, 5.74) is 0.635. The Labute approximate surface area is 158 Å². The number of benzene rings is 2. The van der Waals surface area contributed by atoms with Crippen LogP contribution < -0.4 is 10.1 Å². The molecule has 2 aromatic carbocycles. The molecule has 1 amide bonds. The Bertz CT molecular complexity index is 771. The fourth-order valence-electron chi connectivity index (χ4n) is 3.15. The van der Waals surface area contributed by atoms with E-state index >= 15 is 0 Å². The standard InChI is InChI=1S/C21H24N2O4/c24-20(12-15-23-13-10-16(11-14-23)21(25)26)22-18-8-4-5-9-19(18)27-17-6-2-1-3-7-17/h1-9,16H,10-15H2,(H,22,24)(H,25,26). The number of para-hydroxylation sites is 3. The number of carboxylic acids is 1. The Kier molecular flexibility index (Phi) is 6.44. The monoisotopic (exact) mass is 368 g/mol. The van der Waals surface area contributed by atoms with Gasteiger partial charge in [0.1, 0.15) is 5.75 Å². The van der Waals surface area contributed by atoms with Gasteiger partial charge in [-0.05, 0) is 50.2 Å². The smallest absolute Gasteiger partial charge is 0.306 e. The molecular weight excluding hydrogens is 344 g/mol. The number of carbonyl (C=O) groups excluding carboxylic acids is 1. The highest BCUT2D eigenvalue weighted by Crippen LogP contribution is 2.29. The van der Waals surface area contributed by atoms with Gasteiger partial charge >= 0.3 is 5.97 Å². The first-order valence-electron chi connectivity index (χ1n) is 9.19. The third-order valence-electron chi connectivity index (χ3n) is 4.72. The summed E-state index contributed by atoms with van der Waals surface area (Å²) in [4.78, 5) is 25.5. The van der Waals surface area contributed by atoms with Crippen molar-refractivity contribution in [2.24, 2.45) is 5.92 Å². The first kappa shape index (κ1) is 18.9. The van der Waals surface area contributed by atoms with Crippen molar-refractivity contribution in [1.82, 2.24) is 4.90 Å². The van der Waals surface area contributed by atoms with E-state index in [9.17, 15) is 9.59 Å².